The van der Waals surface area contributed by atoms with Gasteiger partial charge < -0.3 is 0 Å². The molecule has 5 heteroatoms. The summed E-state index contributed by atoms with van der Waals surface area (Å²) in [5, 5.41) is 13.1. The molecular formula is C13H11BrFN3. The van der Waals surface area contributed by atoms with Gasteiger partial charge in [-0.15, -0.1) is 0 Å². The molecule has 0 radical (unpaired) electrons. The Balaban J connectivity index is 2.70. The zero-order chi connectivity index (χ0) is 13.4. The molecule has 0 N–H and O–H groups in total. The zero-order valence-electron chi connectivity index (χ0n) is 10.3. The summed E-state index contributed by atoms with van der Waals surface area (Å²) in [6, 6.07) is 5.07. The summed E-state index contributed by atoms with van der Waals surface area (Å²) in [5.41, 5.74) is 3.41. The Kier molecular flexibility index (Phi) is 3.22. The molecule has 18 heavy (non-hydrogen) atoms. The first-order chi connectivity index (χ1) is 8.47. The highest BCUT2D eigenvalue weighted by molar-refractivity contribution is 9.10. The van der Waals surface area contributed by atoms with Crippen LogP contribution in [0.3, 0.4) is 0 Å². The summed E-state index contributed by atoms with van der Waals surface area (Å²) in [7, 11) is 0. The molecule has 0 amide bonds. The van der Waals surface area contributed by atoms with Crippen molar-refractivity contribution in [2.75, 3.05) is 0 Å². The molecule has 3 nitrogen and oxygen atoms in total. The number of halogens is 2. The van der Waals surface area contributed by atoms with Gasteiger partial charge in [-0.05, 0) is 54.4 Å². The van der Waals surface area contributed by atoms with Crippen LogP contribution in [0.2, 0.25) is 0 Å². The Labute approximate surface area is 113 Å². The summed E-state index contributed by atoms with van der Waals surface area (Å²) in [6.07, 6.45) is 0. The van der Waals surface area contributed by atoms with Crippen LogP contribution in [0.15, 0.2) is 16.6 Å². The van der Waals surface area contributed by atoms with Gasteiger partial charge in [0.1, 0.15) is 11.8 Å². The van der Waals surface area contributed by atoms with E-state index in [4.69, 9.17) is 5.26 Å². The molecule has 92 valence electrons. The maximum atomic E-state index is 14.2. The van der Waals surface area contributed by atoms with Crippen molar-refractivity contribution in [3.63, 3.8) is 0 Å². The Hall–Kier alpha value is -1.67. The standard InChI is InChI=1S/C13H11BrFN3/c1-7-8(2)17-18(9(7)3)11-5-4-10(6-16)12(14)13(11)15/h4-5H,1-3H3. The van der Waals surface area contributed by atoms with Gasteiger partial charge in [0.25, 0.3) is 0 Å². The molecule has 0 unspecified atom stereocenters. The highest BCUT2D eigenvalue weighted by Crippen LogP contribution is 2.27. The van der Waals surface area contributed by atoms with Crippen LogP contribution >= 0.6 is 15.9 Å². The first kappa shape index (κ1) is 12.8. The Bertz CT molecular complexity index is 668. The van der Waals surface area contributed by atoms with Crippen LogP contribution in [0.1, 0.15) is 22.5 Å². The molecule has 0 atom stereocenters. The zero-order valence-corrected chi connectivity index (χ0v) is 11.8. The summed E-state index contributed by atoms with van der Waals surface area (Å²) >= 11 is 3.10. The van der Waals surface area contributed by atoms with E-state index >= 15 is 0 Å². The molecule has 1 heterocycles. The molecule has 0 aliphatic heterocycles. The van der Waals surface area contributed by atoms with Crippen molar-refractivity contribution in [2.24, 2.45) is 0 Å². The van der Waals surface area contributed by atoms with Gasteiger partial charge in [0.05, 0.1) is 15.7 Å². The smallest absolute Gasteiger partial charge is 0.164 e. The highest BCUT2D eigenvalue weighted by atomic mass is 79.9. The van der Waals surface area contributed by atoms with E-state index < -0.39 is 5.82 Å². The van der Waals surface area contributed by atoms with E-state index in [2.05, 4.69) is 21.0 Å². The predicted molar refractivity (Wildman–Crippen MR) is 70.1 cm³/mol. The summed E-state index contributed by atoms with van der Waals surface area (Å²) in [4.78, 5) is 0. The second-order valence-corrected chi connectivity index (χ2v) is 4.87. The Morgan fingerprint density at radius 2 is 2.00 bits per heavy atom. The summed E-state index contributed by atoms with van der Waals surface area (Å²) < 4.78 is 15.9. The van der Waals surface area contributed by atoms with E-state index in [0.717, 1.165) is 17.0 Å². The molecule has 0 aliphatic carbocycles. The Morgan fingerprint density at radius 3 is 2.50 bits per heavy atom. The van der Waals surface area contributed by atoms with E-state index in [0.29, 0.717) is 5.69 Å². The number of aromatic nitrogens is 2. The van der Waals surface area contributed by atoms with E-state index in [1.165, 1.54) is 0 Å². The van der Waals surface area contributed by atoms with Crippen molar-refractivity contribution < 1.29 is 4.39 Å². The molecule has 0 aliphatic rings. The van der Waals surface area contributed by atoms with E-state index in [-0.39, 0.29) is 10.0 Å². The first-order valence-corrected chi connectivity index (χ1v) is 6.18. The third-order valence-electron chi connectivity index (χ3n) is 3.06. The molecule has 0 saturated carbocycles. The van der Waals surface area contributed by atoms with Crippen molar-refractivity contribution in [2.45, 2.75) is 20.8 Å². The number of rotatable bonds is 1. The molecule has 1 aromatic heterocycles. The molecule has 0 spiro atoms. The highest BCUT2D eigenvalue weighted by Gasteiger charge is 2.16. The second kappa shape index (κ2) is 4.54. The van der Waals surface area contributed by atoms with Crippen molar-refractivity contribution >= 4 is 15.9 Å². The average molecular weight is 308 g/mol. The fourth-order valence-electron chi connectivity index (χ4n) is 1.74. The number of nitriles is 1. The minimum absolute atomic E-state index is 0.174. The molecule has 2 aromatic rings. The number of aryl methyl sites for hydroxylation is 1. The summed E-state index contributed by atoms with van der Waals surface area (Å²) in [5.74, 6) is -0.473. The quantitative estimate of drug-likeness (QED) is 0.808. The molecule has 2 rings (SSSR count). The van der Waals surface area contributed by atoms with Crippen molar-refractivity contribution in [1.29, 1.82) is 5.26 Å². The van der Waals surface area contributed by atoms with Gasteiger partial charge in [0, 0.05) is 5.69 Å². The Morgan fingerprint density at radius 1 is 1.33 bits per heavy atom. The molecular weight excluding hydrogens is 297 g/mol. The summed E-state index contributed by atoms with van der Waals surface area (Å²) in [6.45, 7) is 5.72. The second-order valence-electron chi connectivity index (χ2n) is 4.08. The van der Waals surface area contributed by atoms with Gasteiger partial charge in [0.15, 0.2) is 5.82 Å². The molecule has 1 aromatic carbocycles. The lowest BCUT2D eigenvalue weighted by Gasteiger charge is -2.08. The number of hydrogen-bond donors (Lipinski definition) is 0. The number of benzene rings is 1. The van der Waals surface area contributed by atoms with Crippen LogP contribution in [0.25, 0.3) is 5.69 Å². The van der Waals surface area contributed by atoms with E-state index in [1.807, 2.05) is 26.8 Å². The third-order valence-corrected chi connectivity index (χ3v) is 3.84. The number of hydrogen-bond acceptors (Lipinski definition) is 2. The first-order valence-electron chi connectivity index (χ1n) is 5.38. The van der Waals surface area contributed by atoms with Gasteiger partial charge in [-0.25, -0.2) is 9.07 Å². The van der Waals surface area contributed by atoms with Crippen LogP contribution < -0.4 is 0 Å². The van der Waals surface area contributed by atoms with E-state index in [1.54, 1.807) is 16.8 Å². The predicted octanol–water partition coefficient (Wildman–Crippen LogP) is 3.57. The fourth-order valence-corrected chi connectivity index (χ4v) is 2.17. The van der Waals surface area contributed by atoms with Crippen molar-refractivity contribution in [3.8, 4) is 11.8 Å². The van der Waals surface area contributed by atoms with Crippen LogP contribution in [0.4, 0.5) is 4.39 Å². The average Bonchev–Trinajstić information content (AvgIpc) is 2.60. The van der Waals surface area contributed by atoms with Gasteiger partial charge in [0.2, 0.25) is 0 Å². The van der Waals surface area contributed by atoms with Gasteiger partial charge in [-0.2, -0.15) is 10.4 Å². The van der Waals surface area contributed by atoms with Gasteiger partial charge >= 0.3 is 0 Å². The van der Waals surface area contributed by atoms with Crippen LogP contribution in [-0.4, -0.2) is 9.78 Å². The minimum atomic E-state index is -0.473. The lowest BCUT2D eigenvalue weighted by molar-refractivity contribution is 0.601. The SMILES string of the molecule is Cc1nn(-c2ccc(C#N)c(Br)c2F)c(C)c1C. The molecule has 0 fully saturated rings. The monoisotopic (exact) mass is 307 g/mol. The van der Waals surface area contributed by atoms with Crippen LogP contribution in [0.5, 0.6) is 0 Å². The minimum Gasteiger partial charge on any atom is -0.235 e. The van der Waals surface area contributed by atoms with Crippen LogP contribution in [0, 0.1) is 37.9 Å². The maximum Gasteiger partial charge on any atom is 0.164 e. The van der Waals surface area contributed by atoms with Crippen LogP contribution in [-0.2, 0) is 0 Å². The van der Waals surface area contributed by atoms with E-state index in [9.17, 15) is 4.39 Å². The topological polar surface area (TPSA) is 41.6 Å². The maximum absolute atomic E-state index is 14.2. The molecule has 0 bridgehead atoms. The normalized spacial score (nSPS) is 10.4. The largest absolute Gasteiger partial charge is 0.235 e. The van der Waals surface area contributed by atoms with Crippen molar-refractivity contribution in [1.82, 2.24) is 9.78 Å². The number of nitrogens with zero attached hydrogens (tertiary/aromatic N) is 3. The fraction of sp³-hybridized carbons (Fsp3) is 0.231. The molecule has 0 saturated heterocycles. The lowest BCUT2D eigenvalue weighted by Crippen LogP contribution is -2.03. The van der Waals surface area contributed by atoms with Gasteiger partial charge in [-0.3, -0.25) is 0 Å². The van der Waals surface area contributed by atoms with Gasteiger partial charge in [-0.1, -0.05) is 0 Å². The third kappa shape index (κ3) is 1.83. The lowest BCUT2D eigenvalue weighted by atomic mass is 10.2. The van der Waals surface area contributed by atoms with Crippen molar-refractivity contribution in [3.05, 3.63) is 44.9 Å².